The van der Waals surface area contributed by atoms with Crippen LogP contribution in [0.15, 0.2) is 59.4 Å². The molecule has 3 fully saturated rings. The van der Waals surface area contributed by atoms with Crippen molar-refractivity contribution in [3.8, 4) is 0 Å². The molecule has 6 heteroatoms. The standard InChI is InChI=1S/C23H24N4O2/c28-22-18-8-4-5-9-20(18)27(14-16-6-2-1-3-7-16)25-21(22)23(29)24-19-15-26-12-10-17(19)11-13-26/h1-9,17,19H,10-15H2,(H,24,29). The number of carbonyl (C=O) groups is 1. The normalized spacial score (nSPS) is 23.2. The van der Waals surface area contributed by atoms with E-state index in [0.29, 0.717) is 17.8 Å². The van der Waals surface area contributed by atoms with E-state index in [4.69, 9.17) is 0 Å². The van der Waals surface area contributed by atoms with Gasteiger partial charge in [0.2, 0.25) is 5.43 Å². The maximum absolute atomic E-state index is 13.1. The van der Waals surface area contributed by atoms with E-state index in [2.05, 4.69) is 15.3 Å². The minimum Gasteiger partial charge on any atom is -0.346 e. The van der Waals surface area contributed by atoms with Crippen LogP contribution >= 0.6 is 0 Å². The predicted octanol–water partition coefficient (Wildman–Crippen LogP) is 2.27. The van der Waals surface area contributed by atoms with Crippen LogP contribution in [0.3, 0.4) is 0 Å². The fourth-order valence-electron chi connectivity index (χ4n) is 4.63. The van der Waals surface area contributed by atoms with E-state index < -0.39 is 0 Å². The van der Waals surface area contributed by atoms with Gasteiger partial charge in [-0.25, -0.2) is 0 Å². The molecule has 0 spiro atoms. The van der Waals surface area contributed by atoms with Gasteiger partial charge in [-0.1, -0.05) is 42.5 Å². The predicted molar refractivity (Wildman–Crippen MR) is 112 cm³/mol. The van der Waals surface area contributed by atoms with E-state index in [1.54, 1.807) is 10.7 Å². The Balaban J connectivity index is 1.50. The molecule has 3 saturated heterocycles. The zero-order valence-corrected chi connectivity index (χ0v) is 16.3. The van der Waals surface area contributed by atoms with E-state index in [0.717, 1.165) is 43.6 Å². The van der Waals surface area contributed by atoms with Crippen LogP contribution in [-0.2, 0) is 6.54 Å². The van der Waals surface area contributed by atoms with Gasteiger partial charge in [0.15, 0.2) is 5.69 Å². The molecule has 2 aromatic carbocycles. The Bertz CT molecular complexity index is 1100. The lowest BCUT2D eigenvalue weighted by Crippen LogP contribution is -2.57. The number of piperidine rings is 3. The van der Waals surface area contributed by atoms with Crippen molar-refractivity contribution in [2.24, 2.45) is 5.92 Å². The number of hydrogen-bond acceptors (Lipinski definition) is 4. The molecule has 2 bridgehead atoms. The van der Waals surface area contributed by atoms with Crippen LogP contribution in [0.5, 0.6) is 0 Å². The summed E-state index contributed by atoms with van der Waals surface area (Å²) >= 11 is 0. The zero-order valence-electron chi connectivity index (χ0n) is 16.3. The van der Waals surface area contributed by atoms with Crippen molar-refractivity contribution < 1.29 is 4.79 Å². The lowest BCUT2D eigenvalue weighted by Gasteiger charge is -2.44. The van der Waals surface area contributed by atoms with Crippen LogP contribution in [0.1, 0.15) is 28.9 Å². The number of fused-ring (bicyclic) bond motifs is 4. The molecule has 0 aliphatic carbocycles. The minimum absolute atomic E-state index is 0.0175. The number of aromatic nitrogens is 2. The molecule has 6 rings (SSSR count). The smallest absolute Gasteiger partial charge is 0.276 e. The molecule has 148 valence electrons. The fraction of sp³-hybridized carbons (Fsp3) is 0.348. The Kier molecular flexibility index (Phi) is 4.64. The number of benzene rings is 2. The van der Waals surface area contributed by atoms with Gasteiger partial charge in [0.25, 0.3) is 5.91 Å². The molecule has 6 nitrogen and oxygen atoms in total. The van der Waals surface area contributed by atoms with Crippen LogP contribution in [0, 0.1) is 5.92 Å². The third-order valence-corrected chi connectivity index (χ3v) is 6.23. The Labute approximate surface area is 169 Å². The fourth-order valence-corrected chi connectivity index (χ4v) is 4.63. The first kappa shape index (κ1) is 18.1. The summed E-state index contributed by atoms with van der Waals surface area (Å²) in [5, 5.41) is 8.13. The summed E-state index contributed by atoms with van der Waals surface area (Å²) in [7, 11) is 0. The summed E-state index contributed by atoms with van der Waals surface area (Å²) in [6.45, 7) is 3.58. The molecule has 1 amide bonds. The van der Waals surface area contributed by atoms with Gasteiger partial charge in [-0.3, -0.25) is 14.3 Å². The van der Waals surface area contributed by atoms with E-state index in [9.17, 15) is 9.59 Å². The second kappa shape index (κ2) is 7.44. The molecule has 1 atom stereocenters. The number of amides is 1. The molecular weight excluding hydrogens is 364 g/mol. The number of nitrogens with zero attached hydrogens (tertiary/aromatic N) is 3. The summed E-state index contributed by atoms with van der Waals surface area (Å²) in [6.07, 6.45) is 2.21. The van der Waals surface area contributed by atoms with E-state index in [1.807, 2.05) is 48.5 Å². The Morgan fingerprint density at radius 1 is 1.03 bits per heavy atom. The third-order valence-electron chi connectivity index (χ3n) is 6.23. The highest BCUT2D eigenvalue weighted by Gasteiger charge is 2.35. The first-order valence-electron chi connectivity index (χ1n) is 10.3. The summed E-state index contributed by atoms with van der Waals surface area (Å²) in [5.74, 6) is 0.136. The lowest BCUT2D eigenvalue weighted by molar-refractivity contribution is 0.0616. The SMILES string of the molecule is O=C(NC1CN2CCC1CC2)c1nn(Cc2ccccc2)c2ccccc2c1=O. The molecular formula is C23H24N4O2. The highest BCUT2D eigenvalue weighted by molar-refractivity contribution is 5.95. The Morgan fingerprint density at radius 2 is 1.76 bits per heavy atom. The van der Waals surface area contributed by atoms with Gasteiger partial charge in [-0.05, 0) is 49.5 Å². The molecule has 3 aromatic rings. The van der Waals surface area contributed by atoms with Crippen LogP contribution in [0.25, 0.3) is 10.9 Å². The summed E-state index contributed by atoms with van der Waals surface area (Å²) < 4.78 is 1.76. The zero-order chi connectivity index (χ0) is 19.8. The first-order chi connectivity index (χ1) is 14.2. The molecule has 1 unspecified atom stereocenters. The molecule has 29 heavy (non-hydrogen) atoms. The summed E-state index contributed by atoms with van der Waals surface area (Å²) in [6, 6.07) is 17.4. The lowest BCUT2D eigenvalue weighted by atomic mass is 9.84. The van der Waals surface area contributed by atoms with Gasteiger partial charge in [-0.15, -0.1) is 0 Å². The van der Waals surface area contributed by atoms with Crippen LogP contribution in [-0.4, -0.2) is 46.3 Å². The second-order valence-corrected chi connectivity index (χ2v) is 8.06. The maximum atomic E-state index is 13.1. The molecule has 4 heterocycles. The second-order valence-electron chi connectivity index (χ2n) is 8.06. The van der Waals surface area contributed by atoms with Crippen molar-refractivity contribution >= 4 is 16.8 Å². The van der Waals surface area contributed by atoms with Gasteiger partial charge in [0, 0.05) is 18.0 Å². The summed E-state index contributed by atoms with van der Waals surface area (Å²) in [4.78, 5) is 28.5. The van der Waals surface area contributed by atoms with E-state index in [1.165, 1.54) is 0 Å². The third kappa shape index (κ3) is 3.44. The Hall–Kier alpha value is -2.99. The van der Waals surface area contributed by atoms with Gasteiger partial charge in [0.1, 0.15) is 0 Å². The largest absolute Gasteiger partial charge is 0.346 e. The number of rotatable bonds is 4. The van der Waals surface area contributed by atoms with Crippen molar-refractivity contribution in [1.82, 2.24) is 20.0 Å². The van der Waals surface area contributed by atoms with Crippen LogP contribution in [0.2, 0.25) is 0 Å². The Morgan fingerprint density at radius 3 is 2.48 bits per heavy atom. The van der Waals surface area contributed by atoms with Gasteiger partial charge < -0.3 is 10.2 Å². The summed E-state index contributed by atoms with van der Waals surface area (Å²) in [5.41, 5.74) is 1.48. The molecule has 1 N–H and O–H groups in total. The minimum atomic E-state index is -0.360. The molecule has 3 aliphatic heterocycles. The highest BCUT2D eigenvalue weighted by atomic mass is 16.2. The van der Waals surface area contributed by atoms with Crippen molar-refractivity contribution in [2.75, 3.05) is 19.6 Å². The van der Waals surface area contributed by atoms with Crippen molar-refractivity contribution in [1.29, 1.82) is 0 Å². The van der Waals surface area contributed by atoms with Crippen LogP contribution < -0.4 is 10.7 Å². The van der Waals surface area contributed by atoms with Crippen molar-refractivity contribution in [3.63, 3.8) is 0 Å². The number of para-hydroxylation sites is 1. The van der Waals surface area contributed by atoms with Crippen molar-refractivity contribution in [2.45, 2.75) is 25.4 Å². The number of carbonyl (C=O) groups excluding carboxylic acids is 1. The van der Waals surface area contributed by atoms with Crippen molar-refractivity contribution in [3.05, 3.63) is 76.1 Å². The number of nitrogens with one attached hydrogen (secondary N) is 1. The van der Waals surface area contributed by atoms with Gasteiger partial charge >= 0.3 is 0 Å². The highest BCUT2D eigenvalue weighted by Crippen LogP contribution is 2.27. The van der Waals surface area contributed by atoms with E-state index in [-0.39, 0.29) is 23.1 Å². The van der Waals surface area contributed by atoms with Gasteiger partial charge in [0.05, 0.1) is 12.1 Å². The first-order valence-corrected chi connectivity index (χ1v) is 10.3. The molecule has 1 aromatic heterocycles. The average Bonchev–Trinajstić information content (AvgIpc) is 2.77. The molecule has 3 aliphatic rings. The number of hydrogen-bond donors (Lipinski definition) is 1. The quantitative estimate of drug-likeness (QED) is 0.745. The molecule has 0 saturated carbocycles. The van der Waals surface area contributed by atoms with Crippen LogP contribution in [0.4, 0.5) is 0 Å². The average molecular weight is 388 g/mol. The van der Waals surface area contributed by atoms with Gasteiger partial charge in [-0.2, -0.15) is 5.10 Å². The van der Waals surface area contributed by atoms with E-state index >= 15 is 0 Å². The molecule has 0 radical (unpaired) electrons. The topological polar surface area (TPSA) is 67.2 Å². The monoisotopic (exact) mass is 388 g/mol. The maximum Gasteiger partial charge on any atom is 0.276 e.